The molecule has 20 heavy (non-hydrogen) atoms. The lowest BCUT2D eigenvalue weighted by molar-refractivity contribution is 0.0709. The van der Waals surface area contributed by atoms with Crippen LogP contribution in [-0.2, 0) is 7.05 Å². The van der Waals surface area contributed by atoms with Crippen molar-refractivity contribution in [1.82, 2.24) is 20.1 Å². The highest BCUT2D eigenvalue weighted by Crippen LogP contribution is 2.17. The van der Waals surface area contributed by atoms with E-state index in [1.54, 1.807) is 31.5 Å². The van der Waals surface area contributed by atoms with Crippen LogP contribution >= 0.6 is 0 Å². The molecular formula is C14H20N4O2. The maximum atomic E-state index is 12.2. The van der Waals surface area contributed by atoms with Crippen LogP contribution in [0, 0.1) is 6.92 Å². The quantitative estimate of drug-likeness (QED) is 0.881. The Bertz CT molecular complexity index is 658. The highest BCUT2D eigenvalue weighted by atomic mass is 16.3. The van der Waals surface area contributed by atoms with Gasteiger partial charge >= 0.3 is 0 Å². The predicted octanol–water partition coefficient (Wildman–Crippen LogP) is 1.17. The smallest absolute Gasteiger partial charge is 0.253 e. The van der Waals surface area contributed by atoms with Crippen molar-refractivity contribution in [3.63, 3.8) is 0 Å². The number of carbonyl (C=O) groups excluding carboxylic acids is 1. The Labute approximate surface area is 117 Å². The number of nitrogens with zero attached hydrogens (tertiary/aromatic N) is 3. The van der Waals surface area contributed by atoms with Crippen LogP contribution in [0.5, 0.6) is 0 Å². The van der Waals surface area contributed by atoms with Gasteiger partial charge in [-0.05, 0) is 33.8 Å². The van der Waals surface area contributed by atoms with Crippen molar-refractivity contribution < 1.29 is 9.90 Å². The minimum Gasteiger partial charge on any atom is -0.391 e. The van der Waals surface area contributed by atoms with Gasteiger partial charge in [-0.25, -0.2) is 4.98 Å². The van der Waals surface area contributed by atoms with Gasteiger partial charge in [0.2, 0.25) is 0 Å². The molecule has 0 saturated heterocycles. The Morgan fingerprint density at radius 3 is 2.75 bits per heavy atom. The van der Waals surface area contributed by atoms with Gasteiger partial charge in [0.1, 0.15) is 0 Å². The number of fused-ring (bicyclic) bond motifs is 1. The number of aliphatic hydroxyl groups is 1. The molecule has 0 aliphatic carbocycles. The summed E-state index contributed by atoms with van der Waals surface area (Å²) < 4.78 is 1.69. The number of hydrogen-bond acceptors (Lipinski definition) is 4. The van der Waals surface area contributed by atoms with E-state index >= 15 is 0 Å². The molecule has 1 atom stereocenters. The molecule has 0 bridgehead atoms. The molecule has 6 nitrogen and oxygen atoms in total. The molecule has 0 aliphatic rings. The van der Waals surface area contributed by atoms with Crippen LogP contribution in [0.3, 0.4) is 0 Å². The predicted molar refractivity (Wildman–Crippen MR) is 76.5 cm³/mol. The lowest BCUT2D eigenvalue weighted by Crippen LogP contribution is -2.51. The fourth-order valence-corrected chi connectivity index (χ4v) is 1.90. The molecule has 0 aromatic carbocycles. The molecule has 2 N–H and O–H groups in total. The van der Waals surface area contributed by atoms with Gasteiger partial charge in [-0.2, -0.15) is 5.10 Å². The first-order valence-corrected chi connectivity index (χ1v) is 6.52. The van der Waals surface area contributed by atoms with Crippen LogP contribution in [0.2, 0.25) is 0 Å². The second-order valence-corrected chi connectivity index (χ2v) is 5.66. The first-order valence-electron chi connectivity index (χ1n) is 6.52. The maximum Gasteiger partial charge on any atom is 0.253 e. The number of aromatic nitrogens is 3. The zero-order chi connectivity index (χ0) is 15.1. The molecule has 0 aliphatic heterocycles. The number of rotatable bonds is 3. The summed E-state index contributed by atoms with van der Waals surface area (Å²) in [5.41, 5.74) is 1.34. The van der Waals surface area contributed by atoms with Gasteiger partial charge in [-0.3, -0.25) is 9.48 Å². The van der Waals surface area contributed by atoms with Gasteiger partial charge in [-0.1, -0.05) is 0 Å². The highest BCUT2D eigenvalue weighted by Gasteiger charge is 2.26. The third-order valence-electron chi connectivity index (χ3n) is 3.61. The molecule has 0 saturated carbocycles. The molecule has 2 rings (SSSR count). The number of nitrogens with one attached hydrogen (secondary N) is 1. The van der Waals surface area contributed by atoms with E-state index in [1.165, 1.54) is 6.20 Å². The average molecular weight is 276 g/mol. The van der Waals surface area contributed by atoms with Gasteiger partial charge in [0.25, 0.3) is 5.91 Å². The van der Waals surface area contributed by atoms with E-state index in [4.69, 9.17) is 0 Å². The van der Waals surface area contributed by atoms with Gasteiger partial charge in [0.15, 0.2) is 5.65 Å². The van der Waals surface area contributed by atoms with Crippen molar-refractivity contribution in [1.29, 1.82) is 0 Å². The van der Waals surface area contributed by atoms with Gasteiger partial charge in [0, 0.05) is 18.6 Å². The van der Waals surface area contributed by atoms with E-state index in [-0.39, 0.29) is 5.91 Å². The first-order chi connectivity index (χ1) is 9.22. The Morgan fingerprint density at radius 1 is 1.50 bits per heavy atom. The second kappa shape index (κ2) is 4.86. The number of carbonyl (C=O) groups is 1. The van der Waals surface area contributed by atoms with Crippen LogP contribution in [0.4, 0.5) is 0 Å². The van der Waals surface area contributed by atoms with E-state index in [2.05, 4.69) is 15.4 Å². The minimum atomic E-state index is -0.698. The van der Waals surface area contributed by atoms with Crippen molar-refractivity contribution in [3.8, 4) is 0 Å². The largest absolute Gasteiger partial charge is 0.391 e. The van der Waals surface area contributed by atoms with Crippen molar-refractivity contribution in [2.24, 2.45) is 7.05 Å². The molecule has 0 spiro atoms. The Hall–Kier alpha value is -1.95. The average Bonchev–Trinajstić information content (AvgIpc) is 2.64. The summed E-state index contributed by atoms with van der Waals surface area (Å²) >= 11 is 0. The third kappa shape index (κ3) is 2.51. The zero-order valence-corrected chi connectivity index (χ0v) is 12.4. The number of amides is 1. The first kappa shape index (κ1) is 14.5. The molecule has 0 fully saturated rings. The summed E-state index contributed by atoms with van der Waals surface area (Å²) in [6.45, 7) is 7.08. The third-order valence-corrected chi connectivity index (χ3v) is 3.61. The Morgan fingerprint density at radius 2 is 2.15 bits per heavy atom. The molecule has 1 unspecified atom stereocenters. The van der Waals surface area contributed by atoms with Crippen molar-refractivity contribution in [3.05, 3.63) is 23.5 Å². The Balaban J connectivity index is 2.34. The second-order valence-electron chi connectivity index (χ2n) is 5.66. The van der Waals surface area contributed by atoms with Crippen LogP contribution in [0.15, 0.2) is 12.3 Å². The van der Waals surface area contributed by atoms with Crippen molar-refractivity contribution in [2.45, 2.75) is 39.3 Å². The van der Waals surface area contributed by atoms with Gasteiger partial charge in [0.05, 0.1) is 22.9 Å². The Kier molecular flexibility index (Phi) is 3.52. The molecule has 2 aromatic heterocycles. The molecule has 0 radical (unpaired) electrons. The number of pyridine rings is 1. The van der Waals surface area contributed by atoms with Gasteiger partial charge < -0.3 is 10.4 Å². The summed E-state index contributed by atoms with van der Waals surface area (Å²) in [5, 5.41) is 17.6. The number of aliphatic hydroxyl groups excluding tert-OH is 1. The molecule has 1 amide bonds. The lowest BCUT2D eigenvalue weighted by atomic mass is 9.98. The van der Waals surface area contributed by atoms with Crippen molar-refractivity contribution >= 4 is 16.9 Å². The molecular weight excluding hydrogens is 256 g/mol. The summed E-state index contributed by atoms with van der Waals surface area (Å²) in [7, 11) is 1.82. The summed E-state index contributed by atoms with van der Waals surface area (Å²) in [6.07, 6.45) is 0.875. The van der Waals surface area contributed by atoms with Crippen LogP contribution < -0.4 is 5.32 Å². The van der Waals surface area contributed by atoms with E-state index in [1.807, 2.05) is 14.0 Å². The van der Waals surface area contributed by atoms with Gasteiger partial charge in [-0.15, -0.1) is 0 Å². The fraction of sp³-hybridized carbons (Fsp3) is 0.500. The highest BCUT2D eigenvalue weighted by molar-refractivity contribution is 5.97. The zero-order valence-electron chi connectivity index (χ0n) is 12.4. The summed E-state index contributed by atoms with van der Waals surface area (Å²) in [6, 6.07) is 1.78. The van der Waals surface area contributed by atoms with E-state index in [0.717, 1.165) is 16.7 Å². The van der Waals surface area contributed by atoms with Crippen LogP contribution in [-0.4, -0.2) is 37.4 Å². The molecule has 2 aromatic rings. The van der Waals surface area contributed by atoms with E-state index in [9.17, 15) is 9.90 Å². The number of aryl methyl sites for hydroxylation is 2. The normalized spacial score (nSPS) is 13.5. The minimum absolute atomic E-state index is 0.256. The summed E-state index contributed by atoms with van der Waals surface area (Å²) in [5.74, 6) is -0.256. The van der Waals surface area contributed by atoms with E-state index < -0.39 is 11.6 Å². The molecule has 2 heterocycles. The van der Waals surface area contributed by atoms with Crippen molar-refractivity contribution in [2.75, 3.05) is 0 Å². The summed E-state index contributed by atoms with van der Waals surface area (Å²) in [4.78, 5) is 16.5. The standard InChI is InChI=1S/C14H20N4O2/c1-8-11-6-10(7-15-12(11)18(5)17-8)13(20)16-14(3,4)9(2)19/h6-7,9,19H,1-5H3,(H,16,20). The monoisotopic (exact) mass is 276 g/mol. The van der Waals surface area contributed by atoms with Crippen LogP contribution in [0.1, 0.15) is 36.8 Å². The van der Waals surface area contributed by atoms with Crippen LogP contribution in [0.25, 0.3) is 11.0 Å². The molecule has 6 heteroatoms. The lowest BCUT2D eigenvalue weighted by Gasteiger charge is -2.29. The fourth-order valence-electron chi connectivity index (χ4n) is 1.90. The van der Waals surface area contributed by atoms with E-state index in [0.29, 0.717) is 5.56 Å². The SMILES string of the molecule is Cc1nn(C)c2ncc(C(=O)NC(C)(C)C(C)O)cc12. The molecule has 108 valence electrons. The maximum absolute atomic E-state index is 12.2. The number of hydrogen-bond donors (Lipinski definition) is 2. The topological polar surface area (TPSA) is 80.0 Å².